The van der Waals surface area contributed by atoms with E-state index in [2.05, 4.69) is 28.7 Å². The van der Waals surface area contributed by atoms with E-state index in [-0.39, 0.29) is 0 Å². The largest absolute Gasteiger partial charge is 0.331 e. The van der Waals surface area contributed by atoms with Gasteiger partial charge in [0, 0.05) is 25.0 Å². The van der Waals surface area contributed by atoms with E-state index >= 15 is 0 Å². The molecule has 0 bridgehead atoms. The van der Waals surface area contributed by atoms with Crippen LogP contribution in [0, 0.1) is 6.92 Å². The first-order chi connectivity index (χ1) is 6.75. The minimum Gasteiger partial charge on any atom is -0.331 e. The lowest BCUT2D eigenvalue weighted by Gasteiger charge is -2.15. The Kier molecular flexibility index (Phi) is 4.66. The second-order valence-electron chi connectivity index (χ2n) is 3.79. The second kappa shape index (κ2) is 5.81. The van der Waals surface area contributed by atoms with Gasteiger partial charge in [0.25, 0.3) is 0 Å². The fraction of sp³-hybridized carbons (Fsp3) is 0.727. The molecule has 3 heteroatoms. The van der Waals surface area contributed by atoms with Crippen LogP contribution in [0.15, 0.2) is 12.4 Å². The molecule has 1 N–H and O–H groups in total. The van der Waals surface area contributed by atoms with E-state index in [9.17, 15) is 0 Å². The summed E-state index contributed by atoms with van der Waals surface area (Å²) in [6.45, 7) is 8.62. The van der Waals surface area contributed by atoms with Crippen LogP contribution in [0.2, 0.25) is 0 Å². The number of unbranched alkanes of at least 4 members (excludes halogenated alkanes) is 1. The molecule has 1 atom stereocenters. The normalized spacial score (nSPS) is 13.1. The maximum Gasteiger partial charge on any atom is 0.105 e. The van der Waals surface area contributed by atoms with Gasteiger partial charge in [0.05, 0.1) is 0 Å². The van der Waals surface area contributed by atoms with Crippen molar-refractivity contribution in [1.82, 2.24) is 14.9 Å². The summed E-state index contributed by atoms with van der Waals surface area (Å²) in [6.07, 6.45) is 6.42. The van der Waals surface area contributed by atoms with Crippen LogP contribution >= 0.6 is 0 Å². The number of rotatable bonds is 6. The first-order valence-corrected chi connectivity index (χ1v) is 5.45. The fourth-order valence-electron chi connectivity index (χ4n) is 1.56. The third kappa shape index (κ3) is 3.14. The molecule has 14 heavy (non-hydrogen) atoms. The predicted molar refractivity (Wildman–Crippen MR) is 59.5 cm³/mol. The average Bonchev–Trinajstić information content (AvgIpc) is 2.59. The molecule has 80 valence electrons. The van der Waals surface area contributed by atoms with E-state index in [1.807, 2.05) is 19.3 Å². The van der Waals surface area contributed by atoms with Gasteiger partial charge in [-0.15, -0.1) is 0 Å². The molecule has 0 amide bonds. The van der Waals surface area contributed by atoms with Crippen LogP contribution in [0.1, 0.15) is 38.6 Å². The third-order valence-corrected chi connectivity index (χ3v) is 2.48. The number of aromatic nitrogens is 2. The minimum absolute atomic E-state index is 0.495. The van der Waals surface area contributed by atoms with Crippen molar-refractivity contribution in [1.29, 1.82) is 0 Å². The van der Waals surface area contributed by atoms with Crippen molar-refractivity contribution >= 4 is 0 Å². The van der Waals surface area contributed by atoms with Gasteiger partial charge in [-0.1, -0.05) is 13.3 Å². The average molecular weight is 195 g/mol. The van der Waals surface area contributed by atoms with Crippen molar-refractivity contribution in [3.05, 3.63) is 18.2 Å². The summed E-state index contributed by atoms with van der Waals surface area (Å²) >= 11 is 0. The molecule has 0 radical (unpaired) electrons. The van der Waals surface area contributed by atoms with Gasteiger partial charge in [-0.2, -0.15) is 0 Å². The van der Waals surface area contributed by atoms with Gasteiger partial charge in [0.15, 0.2) is 0 Å². The number of imidazole rings is 1. The molecule has 1 rings (SSSR count). The van der Waals surface area contributed by atoms with Crippen LogP contribution in [-0.2, 0) is 0 Å². The highest BCUT2D eigenvalue weighted by atomic mass is 15.1. The highest BCUT2D eigenvalue weighted by molar-refractivity contribution is 4.91. The molecule has 0 fully saturated rings. The van der Waals surface area contributed by atoms with Crippen molar-refractivity contribution < 1.29 is 0 Å². The summed E-state index contributed by atoms with van der Waals surface area (Å²) in [4.78, 5) is 4.22. The minimum atomic E-state index is 0.495. The number of nitrogens with one attached hydrogen (secondary N) is 1. The maximum atomic E-state index is 4.22. The Balaban J connectivity index is 2.28. The van der Waals surface area contributed by atoms with Crippen LogP contribution in [0.25, 0.3) is 0 Å². The van der Waals surface area contributed by atoms with Gasteiger partial charge in [-0.05, 0) is 26.8 Å². The quantitative estimate of drug-likeness (QED) is 0.705. The summed E-state index contributed by atoms with van der Waals surface area (Å²) in [5.74, 6) is 1.09. The molecular weight excluding hydrogens is 174 g/mol. The fourth-order valence-corrected chi connectivity index (χ4v) is 1.56. The molecule has 1 aromatic rings. The summed E-state index contributed by atoms with van der Waals surface area (Å²) in [7, 11) is 0. The first-order valence-electron chi connectivity index (χ1n) is 5.45. The smallest absolute Gasteiger partial charge is 0.105 e. The topological polar surface area (TPSA) is 29.9 Å². The number of nitrogens with zero attached hydrogens (tertiary/aromatic N) is 2. The second-order valence-corrected chi connectivity index (χ2v) is 3.79. The number of hydrogen-bond donors (Lipinski definition) is 1. The van der Waals surface area contributed by atoms with Crippen molar-refractivity contribution in [3.63, 3.8) is 0 Å². The maximum absolute atomic E-state index is 4.22. The van der Waals surface area contributed by atoms with Crippen molar-refractivity contribution in [3.8, 4) is 0 Å². The SMILES string of the molecule is CCCCNCC(C)n1ccnc1C. The molecule has 0 saturated heterocycles. The summed E-state index contributed by atoms with van der Waals surface area (Å²) in [5, 5.41) is 3.45. The van der Waals surface area contributed by atoms with Gasteiger partial charge in [0.2, 0.25) is 0 Å². The Morgan fingerprint density at radius 1 is 1.57 bits per heavy atom. The molecule has 0 aromatic carbocycles. The molecule has 0 saturated carbocycles. The van der Waals surface area contributed by atoms with Crippen LogP contribution in [0.5, 0.6) is 0 Å². The Morgan fingerprint density at radius 2 is 2.36 bits per heavy atom. The Labute approximate surface area is 86.5 Å². The Bertz CT molecular complexity index is 255. The van der Waals surface area contributed by atoms with Gasteiger partial charge in [-0.25, -0.2) is 4.98 Å². The lowest BCUT2D eigenvalue weighted by molar-refractivity contribution is 0.480. The van der Waals surface area contributed by atoms with Crippen molar-refractivity contribution in [2.75, 3.05) is 13.1 Å². The molecule has 3 nitrogen and oxygen atoms in total. The summed E-state index contributed by atoms with van der Waals surface area (Å²) in [5.41, 5.74) is 0. The first kappa shape index (κ1) is 11.2. The van der Waals surface area contributed by atoms with Gasteiger partial charge in [0.1, 0.15) is 5.82 Å². The standard InChI is InChI=1S/C11H21N3/c1-4-5-6-12-9-10(2)14-8-7-13-11(14)3/h7-8,10,12H,4-6,9H2,1-3H3. The molecule has 1 heterocycles. The molecule has 1 aromatic heterocycles. The molecule has 1 unspecified atom stereocenters. The van der Waals surface area contributed by atoms with E-state index in [1.165, 1.54) is 12.8 Å². The Hall–Kier alpha value is -0.830. The van der Waals surface area contributed by atoms with Gasteiger partial charge >= 0.3 is 0 Å². The molecular formula is C11H21N3. The van der Waals surface area contributed by atoms with Crippen molar-refractivity contribution in [2.45, 2.75) is 39.7 Å². The molecule has 0 aliphatic rings. The molecule has 0 aliphatic heterocycles. The zero-order valence-corrected chi connectivity index (χ0v) is 9.45. The van der Waals surface area contributed by atoms with E-state index in [4.69, 9.17) is 0 Å². The van der Waals surface area contributed by atoms with Crippen LogP contribution in [0.3, 0.4) is 0 Å². The lowest BCUT2D eigenvalue weighted by Crippen LogP contribution is -2.24. The van der Waals surface area contributed by atoms with E-state index in [0.29, 0.717) is 6.04 Å². The highest BCUT2D eigenvalue weighted by Gasteiger charge is 2.05. The Morgan fingerprint density at radius 3 is 2.93 bits per heavy atom. The van der Waals surface area contributed by atoms with Crippen LogP contribution < -0.4 is 5.32 Å². The van der Waals surface area contributed by atoms with E-state index in [1.54, 1.807) is 0 Å². The monoisotopic (exact) mass is 195 g/mol. The van der Waals surface area contributed by atoms with Crippen LogP contribution in [-0.4, -0.2) is 22.6 Å². The molecule has 0 aliphatic carbocycles. The zero-order chi connectivity index (χ0) is 10.4. The van der Waals surface area contributed by atoms with Gasteiger partial charge < -0.3 is 9.88 Å². The summed E-state index contributed by atoms with van der Waals surface area (Å²) in [6, 6.07) is 0.495. The van der Waals surface area contributed by atoms with E-state index in [0.717, 1.165) is 18.9 Å². The summed E-state index contributed by atoms with van der Waals surface area (Å²) < 4.78 is 2.21. The van der Waals surface area contributed by atoms with E-state index < -0.39 is 0 Å². The highest BCUT2D eigenvalue weighted by Crippen LogP contribution is 2.06. The van der Waals surface area contributed by atoms with Gasteiger partial charge in [-0.3, -0.25) is 0 Å². The third-order valence-electron chi connectivity index (χ3n) is 2.48. The molecule has 0 spiro atoms. The van der Waals surface area contributed by atoms with Crippen molar-refractivity contribution in [2.24, 2.45) is 0 Å². The number of hydrogen-bond acceptors (Lipinski definition) is 2. The van der Waals surface area contributed by atoms with Crippen LogP contribution in [0.4, 0.5) is 0 Å². The number of aryl methyl sites for hydroxylation is 1. The lowest BCUT2D eigenvalue weighted by atomic mass is 10.3. The zero-order valence-electron chi connectivity index (χ0n) is 9.45. The predicted octanol–water partition coefficient (Wildman–Crippen LogP) is 2.14.